The summed E-state index contributed by atoms with van der Waals surface area (Å²) in [6.45, 7) is 6.27. The lowest BCUT2D eigenvalue weighted by Crippen LogP contribution is -2.06. The zero-order chi connectivity index (χ0) is 13.3. The van der Waals surface area contributed by atoms with Crippen molar-refractivity contribution in [1.29, 1.82) is 0 Å². The van der Waals surface area contributed by atoms with Crippen LogP contribution in [0.1, 0.15) is 34.3 Å². The Morgan fingerprint density at radius 3 is 2.89 bits per heavy atom. The molecule has 2 aromatic heterocycles. The van der Waals surface area contributed by atoms with Crippen LogP contribution in [0.25, 0.3) is 10.2 Å². The number of rotatable bonds is 3. The second kappa shape index (κ2) is 4.94. The van der Waals surface area contributed by atoms with Gasteiger partial charge in [0.1, 0.15) is 9.71 Å². The average molecular weight is 264 g/mol. The topological polar surface area (TPSA) is 65.2 Å². The van der Waals surface area contributed by atoms with E-state index in [0.717, 1.165) is 27.9 Å². The van der Waals surface area contributed by atoms with Crippen molar-refractivity contribution in [2.75, 3.05) is 12.3 Å². The molecule has 2 aromatic rings. The van der Waals surface area contributed by atoms with Crippen LogP contribution in [0.15, 0.2) is 6.07 Å². The number of aryl methyl sites for hydroxylation is 2. The van der Waals surface area contributed by atoms with Gasteiger partial charge < -0.3 is 10.5 Å². The number of carbonyl (C=O) groups is 1. The third-order valence-corrected chi connectivity index (χ3v) is 3.73. The van der Waals surface area contributed by atoms with Crippen LogP contribution >= 0.6 is 11.3 Å². The number of nitrogens with zero attached hydrogens (tertiary/aromatic N) is 1. The van der Waals surface area contributed by atoms with Crippen LogP contribution in [0, 0.1) is 13.8 Å². The maximum absolute atomic E-state index is 11.9. The van der Waals surface area contributed by atoms with Crippen molar-refractivity contribution in [2.24, 2.45) is 0 Å². The van der Waals surface area contributed by atoms with E-state index >= 15 is 0 Å². The molecular weight excluding hydrogens is 248 g/mol. The van der Waals surface area contributed by atoms with E-state index in [-0.39, 0.29) is 5.97 Å². The molecular formula is C13H16N2O2S. The minimum atomic E-state index is -0.352. The van der Waals surface area contributed by atoms with Gasteiger partial charge >= 0.3 is 5.97 Å². The Hall–Kier alpha value is -1.62. The Balaban J connectivity index is 2.50. The summed E-state index contributed by atoms with van der Waals surface area (Å²) in [6, 6.07) is 1.96. The van der Waals surface area contributed by atoms with Crippen molar-refractivity contribution in [3.8, 4) is 0 Å². The van der Waals surface area contributed by atoms with Gasteiger partial charge in [-0.1, -0.05) is 6.92 Å². The molecule has 0 atom stereocenters. The Kier molecular flexibility index (Phi) is 3.52. The second-order valence-corrected chi connectivity index (χ2v) is 5.24. The van der Waals surface area contributed by atoms with Crippen LogP contribution in [0.5, 0.6) is 0 Å². The number of pyridine rings is 1. The zero-order valence-electron chi connectivity index (χ0n) is 10.7. The van der Waals surface area contributed by atoms with Crippen LogP contribution in [0.3, 0.4) is 0 Å². The van der Waals surface area contributed by atoms with Crippen molar-refractivity contribution < 1.29 is 9.53 Å². The molecule has 0 bridgehead atoms. The lowest BCUT2D eigenvalue weighted by molar-refractivity contribution is 0.0512. The fourth-order valence-electron chi connectivity index (χ4n) is 1.88. The van der Waals surface area contributed by atoms with Crippen molar-refractivity contribution >= 4 is 33.2 Å². The highest BCUT2D eigenvalue weighted by Gasteiger charge is 2.19. The van der Waals surface area contributed by atoms with E-state index in [1.54, 1.807) is 0 Å². The lowest BCUT2D eigenvalue weighted by atomic mass is 10.1. The number of ether oxygens (including phenoxy) is 1. The summed E-state index contributed by atoms with van der Waals surface area (Å²) in [5.41, 5.74) is 8.49. The predicted molar refractivity (Wildman–Crippen MR) is 74.1 cm³/mol. The Labute approximate surface area is 110 Å². The quantitative estimate of drug-likeness (QED) is 0.865. The van der Waals surface area contributed by atoms with E-state index in [0.29, 0.717) is 17.2 Å². The summed E-state index contributed by atoms with van der Waals surface area (Å²) in [6.07, 6.45) is 0.799. The van der Waals surface area contributed by atoms with Crippen LogP contribution in [0.2, 0.25) is 0 Å². The monoisotopic (exact) mass is 264 g/mol. The van der Waals surface area contributed by atoms with Gasteiger partial charge in [0.05, 0.1) is 12.3 Å². The number of nitrogens with two attached hydrogens (primary N) is 1. The number of thiophene rings is 1. The van der Waals surface area contributed by atoms with Gasteiger partial charge in [-0.05, 0) is 31.9 Å². The molecule has 0 unspecified atom stereocenters. The molecule has 0 saturated carbocycles. The minimum Gasteiger partial charge on any atom is -0.461 e. The van der Waals surface area contributed by atoms with Crippen LogP contribution < -0.4 is 5.73 Å². The molecule has 0 fully saturated rings. The maximum atomic E-state index is 11.9. The van der Waals surface area contributed by atoms with Crippen LogP contribution in [-0.4, -0.2) is 17.6 Å². The molecule has 0 aliphatic rings. The molecule has 4 nitrogen and oxygen atoms in total. The van der Waals surface area contributed by atoms with Gasteiger partial charge in [0.2, 0.25) is 0 Å². The standard InChI is InChI=1S/C13H16N2O2S/c1-4-5-17-13(16)11-10(14)9-7(2)6-8(3)15-12(9)18-11/h6H,4-5,14H2,1-3H3. The number of hydrogen-bond donors (Lipinski definition) is 1. The molecule has 18 heavy (non-hydrogen) atoms. The van der Waals surface area contributed by atoms with Gasteiger partial charge in [-0.15, -0.1) is 11.3 Å². The van der Waals surface area contributed by atoms with Gasteiger partial charge in [0.15, 0.2) is 0 Å². The van der Waals surface area contributed by atoms with Gasteiger partial charge in [-0.25, -0.2) is 9.78 Å². The molecule has 0 amide bonds. The first-order valence-electron chi connectivity index (χ1n) is 5.88. The molecule has 0 aromatic carbocycles. The number of fused-ring (bicyclic) bond motifs is 1. The number of esters is 1. The van der Waals surface area contributed by atoms with E-state index in [1.165, 1.54) is 11.3 Å². The number of anilines is 1. The summed E-state index contributed by atoms with van der Waals surface area (Å²) < 4.78 is 5.12. The summed E-state index contributed by atoms with van der Waals surface area (Å²) in [4.78, 5) is 17.5. The molecule has 0 aliphatic carbocycles. The Morgan fingerprint density at radius 1 is 1.50 bits per heavy atom. The largest absolute Gasteiger partial charge is 0.461 e. The van der Waals surface area contributed by atoms with Crippen LogP contribution in [0.4, 0.5) is 5.69 Å². The normalized spacial score (nSPS) is 10.8. The average Bonchev–Trinajstić information content (AvgIpc) is 2.63. The number of aromatic nitrogens is 1. The first-order chi connectivity index (χ1) is 8.54. The molecule has 2 rings (SSSR count). The molecule has 2 heterocycles. The molecule has 5 heteroatoms. The van der Waals surface area contributed by atoms with Crippen molar-refractivity contribution in [3.63, 3.8) is 0 Å². The van der Waals surface area contributed by atoms with E-state index in [1.807, 2.05) is 26.8 Å². The Morgan fingerprint density at radius 2 is 2.22 bits per heavy atom. The van der Waals surface area contributed by atoms with Gasteiger partial charge in [-0.3, -0.25) is 0 Å². The molecule has 2 N–H and O–H groups in total. The highest BCUT2D eigenvalue weighted by atomic mass is 32.1. The molecule has 0 spiro atoms. The van der Waals surface area contributed by atoms with Gasteiger partial charge in [0, 0.05) is 11.1 Å². The predicted octanol–water partition coefficient (Wildman–Crippen LogP) is 3.06. The fourth-order valence-corrected chi connectivity index (χ4v) is 2.99. The third-order valence-electron chi connectivity index (χ3n) is 2.65. The summed E-state index contributed by atoms with van der Waals surface area (Å²) in [5, 5.41) is 0.869. The van der Waals surface area contributed by atoms with Crippen molar-refractivity contribution in [2.45, 2.75) is 27.2 Å². The zero-order valence-corrected chi connectivity index (χ0v) is 11.6. The van der Waals surface area contributed by atoms with E-state index < -0.39 is 0 Å². The number of nitrogen functional groups attached to an aromatic ring is 1. The summed E-state index contributed by atoms with van der Waals surface area (Å²) in [7, 11) is 0. The fraction of sp³-hybridized carbons (Fsp3) is 0.385. The van der Waals surface area contributed by atoms with E-state index in [2.05, 4.69) is 4.98 Å². The molecule has 0 saturated heterocycles. The number of carbonyl (C=O) groups excluding carboxylic acids is 1. The molecule has 96 valence electrons. The SMILES string of the molecule is CCCOC(=O)c1sc2nc(C)cc(C)c2c1N. The number of hydrogen-bond acceptors (Lipinski definition) is 5. The minimum absolute atomic E-state index is 0.352. The Bertz CT molecular complexity index is 605. The summed E-state index contributed by atoms with van der Waals surface area (Å²) in [5.74, 6) is -0.352. The highest BCUT2D eigenvalue weighted by molar-refractivity contribution is 7.21. The van der Waals surface area contributed by atoms with Crippen LogP contribution in [-0.2, 0) is 4.74 Å². The molecule has 0 aliphatic heterocycles. The van der Waals surface area contributed by atoms with Crippen molar-refractivity contribution in [3.05, 3.63) is 22.2 Å². The van der Waals surface area contributed by atoms with E-state index in [4.69, 9.17) is 10.5 Å². The highest BCUT2D eigenvalue weighted by Crippen LogP contribution is 2.35. The van der Waals surface area contributed by atoms with E-state index in [9.17, 15) is 4.79 Å². The second-order valence-electron chi connectivity index (χ2n) is 4.24. The summed E-state index contributed by atoms with van der Waals surface area (Å²) >= 11 is 1.30. The third kappa shape index (κ3) is 2.18. The lowest BCUT2D eigenvalue weighted by Gasteiger charge is -2.02. The van der Waals surface area contributed by atoms with Gasteiger partial charge in [-0.2, -0.15) is 0 Å². The van der Waals surface area contributed by atoms with Crippen molar-refractivity contribution in [1.82, 2.24) is 4.98 Å². The molecule has 0 radical (unpaired) electrons. The van der Waals surface area contributed by atoms with Gasteiger partial charge in [0.25, 0.3) is 0 Å². The maximum Gasteiger partial charge on any atom is 0.350 e. The first kappa shape index (κ1) is 12.8. The first-order valence-corrected chi connectivity index (χ1v) is 6.69. The smallest absolute Gasteiger partial charge is 0.350 e.